The molecular weight excluding hydrogens is 256 g/mol. The number of aromatic carboxylic acids is 1. The lowest BCUT2D eigenvalue weighted by molar-refractivity contribution is 0.0697. The summed E-state index contributed by atoms with van der Waals surface area (Å²) in [5, 5.41) is 14.6. The van der Waals surface area contributed by atoms with Crippen LogP contribution in [-0.4, -0.2) is 22.6 Å². The van der Waals surface area contributed by atoms with E-state index >= 15 is 0 Å². The van der Waals surface area contributed by atoms with Crippen molar-refractivity contribution in [2.24, 2.45) is 0 Å². The second-order valence-corrected chi connectivity index (χ2v) is 5.55. The summed E-state index contributed by atoms with van der Waals surface area (Å²) in [5.74, 6) is -1.01. The summed E-state index contributed by atoms with van der Waals surface area (Å²) in [5.41, 5.74) is 1.18. The maximum atomic E-state index is 12.0. The first-order valence-electron chi connectivity index (χ1n) is 6.68. The van der Waals surface area contributed by atoms with Gasteiger partial charge in [-0.2, -0.15) is 0 Å². The Balaban J connectivity index is 2.80. The van der Waals surface area contributed by atoms with Crippen molar-refractivity contribution in [2.45, 2.75) is 46.1 Å². The van der Waals surface area contributed by atoms with Crippen molar-refractivity contribution in [1.29, 1.82) is 0 Å². The molecule has 1 aromatic carbocycles. The summed E-state index contributed by atoms with van der Waals surface area (Å²) in [6.07, 6.45) is 1.84. The van der Waals surface area contributed by atoms with Crippen LogP contribution < -0.4 is 10.6 Å². The van der Waals surface area contributed by atoms with Crippen LogP contribution in [0.15, 0.2) is 18.2 Å². The van der Waals surface area contributed by atoms with Crippen molar-refractivity contribution in [3.8, 4) is 0 Å². The van der Waals surface area contributed by atoms with Crippen LogP contribution in [0.3, 0.4) is 0 Å². The lowest BCUT2D eigenvalue weighted by atomic mass is 9.99. The summed E-state index contributed by atoms with van der Waals surface area (Å²) in [4.78, 5) is 22.9. The predicted octanol–water partition coefficient (Wildman–Crippen LogP) is 3.39. The molecule has 0 bridgehead atoms. The third-order valence-corrected chi connectivity index (χ3v) is 3.06. The Hall–Kier alpha value is -2.04. The smallest absolute Gasteiger partial charge is 0.335 e. The number of anilines is 1. The number of hydrogen-bond acceptors (Lipinski definition) is 2. The summed E-state index contributed by atoms with van der Waals surface area (Å²) >= 11 is 0. The Kier molecular flexibility index (Phi) is 5.13. The third kappa shape index (κ3) is 4.57. The second-order valence-electron chi connectivity index (χ2n) is 5.55. The highest BCUT2D eigenvalue weighted by atomic mass is 16.4. The van der Waals surface area contributed by atoms with Gasteiger partial charge in [0.2, 0.25) is 0 Å². The average Bonchev–Trinajstić information content (AvgIpc) is 2.30. The molecule has 110 valence electrons. The molecule has 5 heteroatoms. The van der Waals surface area contributed by atoms with E-state index in [2.05, 4.69) is 17.6 Å². The molecule has 5 nitrogen and oxygen atoms in total. The number of aryl methyl sites for hydroxylation is 1. The van der Waals surface area contributed by atoms with Gasteiger partial charge in [-0.05, 0) is 44.9 Å². The van der Waals surface area contributed by atoms with Crippen LogP contribution in [0, 0.1) is 6.92 Å². The van der Waals surface area contributed by atoms with E-state index in [-0.39, 0.29) is 17.1 Å². The quantitative estimate of drug-likeness (QED) is 0.772. The molecule has 0 radical (unpaired) electrons. The number of carbonyl (C=O) groups is 2. The molecule has 0 aliphatic rings. The molecule has 1 rings (SSSR count). The number of rotatable bonds is 5. The Labute approximate surface area is 119 Å². The molecule has 0 saturated heterocycles. The molecule has 0 aromatic heterocycles. The molecule has 3 N–H and O–H groups in total. The van der Waals surface area contributed by atoms with Crippen molar-refractivity contribution >= 4 is 17.7 Å². The molecule has 0 unspecified atom stereocenters. The maximum absolute atomic E-state index is 12.0. The maximum Gasteiger partial charge on any atom is 0.335 e. The number of urea groups is 1. The molecule has 20 heavy (non-hydrogen) atoms. The highest BCUT2D eigenvalue weighted by Gasteiger charge is 2.19. The number of hydrogen-bond donors (Lipinski definition) is 3. The number of carboxylic acid groups (broad SMARTS) is 1. The fraction of sp³-hybridized carbons (Fsp3) is 0.467. The second kappa shape index (κ2) is 6.41. The summed E-state index contributed by atoms with van der Waals surface area (Å²) < 4.78 is 0. The molecule has 0 atom stereocenters. The first kappa shape index (κ1) is 16.0. The van der Waals surface area contributed by atoms with E-state index in [1.54, 1.807) is 6.07 Å². The van der Waals surface area contributed by atoms with E-state index in [1.807, 2.05) is 20.8 Å². The molecule has 1 aromatic rings. The fourth-order valence-electron chi connectivity index (χ4n) is 2.04. The van der Waals surface area contributed by atoms with Gasteiger partial charge in [0.25, 0.3) is 0 Å². The van der Waals surface area contributed by atoms with Gasteiger partial charge >= 0.3 is 12.0 Å². The average molecular weight is 278 g/mol. The SMILES string of the molecule is CCCC(C)(C)NC(=O)Nc1cc(C(=O)O)ccc1C. The van der Waals surface area contributed by atoms with E-state index < -0.39 is 5.97 Å². The Morgan fingerprint density at radius 2 is 1.95 bits per heavy atom. The van der Waals surface area contributed by atoms with Crippen molar-refractivity contribution in [2.75, 3.05) is 5.32 Å². The molecule has 0 saturated carbocycles. The number of nitrogens with one attached hydrogen (secondary N) is 2. The lowest BCUT2D eigenvalue weighted by Gasteiger charge is -2.26. The highest BCUT2D eigenvalue weighted by Crippen LogP contribution is 2.18. The van der Waals surface area contributed by atoms with Gasteiger partial charge < -0.3 is 15.7 Å². The van der Waals surface area contributed by atoms with Gasteiger partial charge in [0.1, 0.15) is 0 Å². The normalized spacial score (nSPS) is 11.0. The minimum absolute atomic E-state index is 0.152. The van der Waals surface area contributed by atoms with E-state index in [0.717, 1.165) is 18.4 Å². The molecular formula is C15H22N2O3. The number of benzene rings is 1. The van der Waals surface area contributed by atoms with E-state index in [4.69, 9.17) is 5.11 Å². The van der Waals surface area contributed by atoms with Gasteiger partial charge in [-0.15, -0.1) is 0 Å². The fourth-order valence-corrected chi connectivity index (χ4v) is 2.04. The zero-order valence-corrected chi connectivity index (χ0v) is 12.4. The minimum atomic E-state index is -1.01. The van der Waals surface area contributed by atoms with Crippen LogP contribution in [0.2, 0.25) is 0 Å². The van der Waals surface area contributed by atoms with Crippen LogP contribution in [0.4, 0.5) is 10.5 Å². The van der Waals surface area contributed by atoms with Crippen molar-refractivity contribution in [3.05, 3.63) is 29.3 Å². The Bertz CT molecular complexity index is 510. The number of carboxylic acids is 1. The van der Waals surface area contributed by atoms with E-state index in [1.165, 1.54) is 12.1 Å². The summed E-state index contributed by atoms with van der Waals surface area (Å²) in [6, 6.07) is 4.33. The molecule has 2 amide bonds. The zero-order valence-electron chi connectivity index (χ0n) is 12.4. The molecule has 0 aliphatic carbocycles. The van der Waals surface area contributed by atoms with Crippen molar-refractivity contribution in [1.82, 2.24) is 5.32 Å². The third-order valence-electron chi connectivity index (χ3n) is 3.06. The predicted molar refractivity (Wildman–Crippen MR) is 79.3 cm³/mol. The van der Waals surface area contributed by atoms with Gasteiger partial charge in [0, 0.05) is 11.2 Å². The van der Waals surface area contributed by atoms with Crippen LogP contribution in [0.1, 0.15) is 49.5 Å². The highest BCUT2D eigenvalue weighted by molar-refractivity contribution is 5.94. The molecule has 0 fully saturated rings. The van der Waals surface area contributed by atoms with Crippen LogP contribution in [0.5, 0.6) is 0 Å². The number of carbonyl (C=O) groups excluding carboxylic acids is 1. The van der Waals surface area contributed by atoms with Gasteiger partial charge in [0.05, 0.1) is 5.56 Å². The Morgan fingerprint density at radius 3 is 2.50 bits per heavy atom. The molecule has 0 heterocycles. The first-order chi connectivity index (χ1) is 9.25. The first-order valence-corrected chi connectivity index (χ1v) is 6.68. The minimum Gasteiger partial charge on any atom is -0.478 e. The number of amides is 2. The van der Waals surface area contributed by atoms with Gasteiger partial charge in [-0.3, -0.25) is 0 Å². The van der Waals surface area contributed by atoms with Crippen LogP contribution in [-0.2, 0) is 0 Å². The molecule has 0 aliphatic heterocycles. The summed E-state index contributed by atoms with van der Waals surface area (Å²) in [7, 11) is 0. The lowest BCUT2D eigenvalue weighted by Crippen LogP contribution is -2.45. The van der Waals surface area contributed by atoms with Gasteiger partial charge in [-0.1, -0.05) is 19.4 Å². The van der Waals surface area contributed by atoms with E-state index in [9.17, 15) is 9.59 Å². The van der Waals surface area contributed by atoms with Gasteiger partial charge in [-0.25, -0.2) is 9.59 Å². The zero-order chi connectivity index (χ0) is 15.3. The van der Waals surface area contributed by atoms with Crippen molar-refractivity contribution < 1.29 is 14.7 Å². The van der Waals surface area contributed by atoms with Crippen LogP contribution in [0.25, 0.3) is 0 Å². The van der Waals surface area contributed by atoms with Crippen LogP contribution >= 0.6 is 0 Å². The standard InChI is InChI=1S/C15H22N2O3/c1-5-8-15(3,4)17-14(20)16-12-9-11(13(18)19)7-6-10(12)2/h6-7,9H,5,8H2,1-4H3,(H,18,19)(H2,16,17,20). The molecule has 0 spiro atoms. The van der Waals surface area contributed by atoms with Gasteiger partial charge in [0.15, 0.2) is 0 Å². The Morgan fingerprint density at radius 1 is 1.30 bits per heavy atom. The van der Waals surface area contributed by atoms with E-state index in [0.29, 0.717) is 5.69 Å². The van der Waals surface area contributed by atoms with Crippen molar-refractivity contribution in [3.63, 3.8) is 0 Å². The monoisotopic (exact) mass is 278 g/mol. The topological polar surface area (TPSA) is 78.4 Å². The largest absolute Gasteiger partial charge is 0.478 e. The summed E-state index contributed by atoms with van der Waals surface area (Å²) in [6.45, 7) is 7.79.